The zero-order chi connectivity index (χ0) is 21.0. The van der Waals surface area contributed by atoms with Gasteiger partial charge in [-0.3, -0.25) is 9.69 Å². The zero-order valence-electron chi connectivity index (χ0n) is 16.6. The topological polar surface area (TPSA) is 67.9 Å². The largest absolute Gasteiger partial charge is 0.493 e. The number of benzene rings is 2. The van der Waals surface area contributed by atoms with Gasteiger partial charge in [-0.25, -0.2) is 9.18 Å². The molecule has 0 saturated carbocycles. The SMILES string of the molecule is CCC(C)Oc1ccc(/C=C2/NC(=O)N(Cc3ccccc3F)C2=O)cc1OC. The summed E-state index contributed by atoms with van der Waals surface area (Å²) in [5.41, 5.74) is 1.05. The molecule has 6 nitrogen and oxygen atoms in total. The number of imide groups is 1. The van der Waals surface area contributed by atoms with E-state index in [2.05, 4.69) is 5.32 Å². The first-order valence-electron chi connectivity index (χ1n) is 9.35. The van der Waals surface area contributed by atoms with Crippen LogP contribution in [0.3, 0.4) is 0 Å². The molecule has 1 aliphatic rings. The quantitative estimate of drug-likeness (QED) is 0.563. The number of methoxy groups -OCH3 is 1. The molecule has 0 aliphatic carbocycles. The van der Waals surface area contributed by atoms with Gasteiger partial charge in [0.2, 0.25) is 0 Å². The van der Waals surface area contributed by atoms with Crippen LogP contribution in [0, 0.1) is 5.82 Å². The molecule has 152 valence electrons. The van der Waals surface area contributed by atoms with Crippen molar-refractivity contribution in [2.24, 2.45) is 0 Å². The fourth-order valence-corrected chi connectivity index (χ4v) is 2.85. The van der Waals surface area contributed by atoms with Gasteiger partial charge in [0.05, 0.1) is 19.8 Å². The number of nitrogens with one attached hydrogen (secondary N) is 1. The maximum absolute atomic E-state index is 13.9. The van der Waals surface area contributed by atoms with E-state index < -0.39 is 17.8 Å². The summed E-state index contributed by atoms with van der Waals surface area (Å²) in [5.74, 6) is 0.149. The van der Waals surface area contributed by atoms with E-state index in [0.29, 0.717) is 17.1 Å². The van der Waals surface area contributed by atoms with Gasteiger partial charge in [0, 0.05) is 5.56 Å². The Morgan fingerprint density at radius 2 is 1.93 bits per heavy atom. The van der Waals surface area contributed by atoms with Gasteiger partial charge in [0.15, 0.2) is 11.5 Å². The average Bonchev–Trinajstić information content (AvgIpc) is 2.97. The summed E-state index contributed by atoms with van der Waals surface area (Å²) in [5, 5.41) is 2.54. The van der Waals surface area contributed by atoms with E-state index in [1.807, 2.05) is 13.8 Å². The molecular weight excluding hydrogens is 375 g/mol. The van der Waals surface area contributed by atoms with Crippen LogP contribution in [0.15, 0.2) is 48.2 Å². The monoisotopic (exact) mass is 398 g/mol. The van der Waals surface area contributed by atoms with Crippen molar-refractivity contribution < 1.29 is 23.5 Å². The molecule has 29 heavy (non-hydrogen) atoms. The number of carbonyl (C=O) groups excluding carboxylic acids is 2. The van der Waals surface area contributed by atoms with Crippen LogP contribution in [0.5, 0.6) is 11.5 Å². The fourth-order valence-electron chi connectivity index (χ4n) is 2.85. The Bertz CT molecular complexity index is 958. The lowest BCUT2D eigenvalue weighted by molar-refractivity contribution is -0.123. The molecule has 1 atom stereocenters. The van der Waals surface area contributed by atoms with Crippen molar-refractivity contribution in [3.63, 3.8) is 0 Å². The third-order valence-corrected chi connectivity index (χ3v) is 4.65. The summed E-state index contributed by atoms with van der Waals surface area (Å²) in [7, 11) is 1.54. The summed E-state index contributed by atoms with van der Waals surface area (Å²) in [4.78, 5) is 25.8. The lowest BCUT2D eigenvalue weighted by Gasteiger charge is -2.15. The van der Waals surface area contributed by atoms with E-state index >= 15 is 0 Å². The van der Waals surface area contributed by atoms with E-state index in [0.717, 1.165) is 11.3 Å². The summed E-state index contributed by atoms with van der Waals surface area (Å²) in [6.45, 7) is 3.85. The standard InChI is InChI=1S/C22H23FN2O4/c1-4-14(2)29-19-10-9-15(12-20(19)28-3)11-18-21(26)25(22(27)24-18)13-16-7-5-6-8-17(16)23/h5-12,14H,4,13H2,1-3H3,(H,24,27)/b18-11+. The molecule has 3 rings (SSSR count). The van der Waals surface area contributed by atoms with Crippen molar-refractivity contribution in [1.82, 2.24) is 10.2 Å². The second-order valence-electron chi connectivity index (χ2n) is 6.72. The summed E-state index contributed by atoms with van der Waals surface area (Å²) >= 11 is 0. The predicted molar refractivity (Wildman–Crippen MR) is 107 cm³/mol. The van der Waals surface area contributed by atoms with Crippen molar-refractivity contribution >= 4 is 18.0 Å². The number of hydrogen-bond acceptors (Lipinski definition) is 4. The van der Waals surface area contributed by atoms with Crippen LogP contribution in [0.25, 0.3) is 6.08 Å². The number of amides is 3. The number of rotatable bonds is 7. The van der Waals surface area contributed by atoms with Crippen LogP contribution in [-0.2, 0) is 11.3 Å². The van der Waals surface area contributed by atoms with Crippen molar-refractivity contribution in [2.75, 3.05) is 7.11 Å². The maximum Gasteiger partial charge on any atom is 0.329 e. The molecule has 1 heterocycles. The number of urea groups is 1. The van der Waals surface area contributed by atoms with E-state index in [4.69, 9.17) is 9.47 Å². The molecule has 0 bridgehead atoms. The Hall–Kier alpha value is -3.35. The molecular formula is C22H23FN2O4. The third-order valence-electron chi connectivity index (χ3n) is 4.65. The van der Waals surface area contributed by atoms with Crippen LogP contribution >= 0.6 is 0 Å². The Kier molecular flexibility index (Phi) is 6.16. The molecule has 1 saturated heterocycles. The highest BCUT2D eigenvalue weighted by atomic mass is 19.1. The molecule has 0 aromatic heterocycles. The first-order chi connectivity index (χ1) is 13.9. The first-order valence-corrected chi connectivity index (χ1v) is 9.35. The van der Waals surface area contributed by atoms with Crippen LogP contribution in [-0.4, -0.2) is 30.1 Å². The van der Waals surface area contributed by atoms with Crippen LogP contribution in [0.2, 0.25) is 0 Å². The normalized spacial score (nSPS) is 16.1. The highest BCUT2D eigenvalue weighted by Gasteiger charge is 2.34. The van der Waals surface area contributed by atoms with E-state index in [1.165, 1.54) is 13.2 Å². The first kappa shape index (κ1) is 20.4. The van der Waals surface area contributed by atoms with E-state index in [-0.39, 0.29) is 23.9 Å². The van der Waals surface area contributed by atoms with Gasteiger partial charge < -0.3 is 14.8 Å². The highest BCUT2D eigenvalue weighted by molar-refractivity contribution is 6.13. The van der Waals surface area contributed by atoms with Gasteiger partial charge in [0.25, 0.3) is 5.91 Å². The highest BCUT2D eigenvalue weighted by Crippen LogP contribution is 2.30. The van der Waals surface area contributed by atoms with E-state index in [1.54, 1.807) is 42.5 Å². The molecule has 1 N–H and O–H groups in total. The molecule has 7 heteroatoms. The van der Waals surface area contributed by atoms with Gasteiger partial charge in [-0.05, 0) is 43.2 Å². The lowest BCUT2D eigenvalue weighted by atomic mass is 10.1. The minimum atomic E-state index is -0.590. The number of halogens is 1. The molecule has 2 aromatic carbocycles. The van der Waals surface area contributed by atoms with Crippen LogP contribution in [0.4, 0.5) is 9.18 Å². The maximum atomic E-state index is 13.9. The molecule has 1 fully saturated rings. The van der Waals surface area contributed by atoms with Gasteiger partial charge in [-0.2, -0.15) is 0 Å². The number of ether oxygens (including phenoxy) is 2. The summed E-state index contributed by atoms with van der Waals surface area (Å²) in [6, 6.07) is 10.7. The van der Waals surface area contributed by atoms with Gasteiger partial charge in [-0.15, -0.1) is 0 Å². The van der Waals surface area contributed by atoms with Crippen molar-refractivity contribution in [3.05, 3.63) is 65.1 Å². The Morgan fingerprint density at radius 3 is 2.62 bits per heavy atom. The molecule has 1 unspecified atom stereocenters. The van der Waals surface area contributed by atoms with Gasteiger partial charge >= 0.3 is 6.03 Å². The summed E-state index contributed by atoms with van der Waals surface area (Å²) in [6.07, 6.45) is 2.44. The minimum Gasteiger partial charge on any atom is -0.493 e. The van der Waals surface area contributed by atoms with Crippen molar-refractivity contribution in [2.45, 2.75) is 32.9 Å². The number of nitrogens with zero attached hydrogens (tertiary/aromatic N) is 1. The number of carbonyl (C=O) groups is 2. The van der Waals surface area contributed by atoms with Crippen LogP contribution in [0.1, 0.15) is 31.4 Å². The van der Waals surface area contributed by atoms with E-state index in [9.17, 15) is 14.0 Å². The smallest absolute Gasteiger partial charge is 0.329 e. The Labute approximate surface area is 168 Å². The lowest BCUT2D eigenvalue weighted by Crippen LogP contribution is -2.30. The van der Waals surface area contributed by atoms with Crippen LogP contribution < -0.4 is 14.8 Å². The molecule has 2 aromatic rings. The average molecular weight is 398 g/mol. The number of hydrogen-bond donors (Lipinski definition) is 1. The molecule has 0 spiro atoms. The van der Waals surface area contributed by atoms with Crippen molar-refractivity contribution in [3.8, 4) is 11.5 Å². The minimum absolute atomic E-state index is 0.0377. The Morgan fingerprint density at radius 1 is 1.17 bits per heavy atom. The predicted octanol–water partition coefficient (Wildman–Crippen LogP) is 4.10. The van der Waals surface area contributed by atoms with Gasteiger partial charge in [-0.1, -0.05) is 31.2 Å². The van der Waals surface area contributed by atoms with Crippen molar-refractivity contribution in [1.29, 1.82) is 0 Å². The fraction of sp³-hybridized carbons (Fsp3) is 0.273. The van der Waals surface area contributed by atoms with Gasteiger partial charge in [0.1, 0.15) is 11.5 Å². The molecule has 1 aliphatic heterocycles. The second-order valence-corrected chi connectivity index (χ2v) is 6.72. The third kappa shape index (κ3) is 4.56. The molecule has 3 amide bonds. The zero-order valence-corrected chi connectivity index (χ0v) is 16.6. The Balaban J connectivity index is 1.81. The second kappa shape index (κ2) is 8.77. The summed E-state index contributed by atoms with van der Waals surface area (Å²) < 4.78 is 25.1. The molecule has 0 radical (unpaired) electrons.